The number of alkyl carbamates (subject to hydrolysis) is 1. The molecule has 0 spiro atoms. The summed E-state index contributed by atoms with van der Waals surface area (Å²) in [5.74, 6) is 1.40. The van der Waals surface area contributed by atoms with Gasteiger partial charge in [-0.1, -0.05) is 66.7 Å². The quantitative estimate of drug-likeness (QED) is 0.547. The molecule has 0 bridgehead atoms. The van der Waals surface area contributed by atoms with Gasteiger partial charge in [0.15, 0.2) is 0 Å². The van der Waals surface area contributed by atoms with Gasteiger partial charge in [-0.3, -0.25) is 4.79 Å². The van der Waals surface area contributed by atoms with Gasteiger partial charge in [-0.15, -0.1) is 0 Å². The van der Waals surface area contributed by atoms with Crippen molar-refractivity contribution in [2.75, 3.05) is 6.54 Å². The molecule has 1 heterocycles. The first kappa shape index (κ1) is 20.5. The molecule has 6 heteroatoms. The summed E-state index contributed by atoms with van der Waals surface area (Å²) >= 11 is 0. The number of nitrogens with one attached hydrogen (secondary N) is 2. The molecule has 31 heavy (non-hydrogen) atoms. The molecule has 0 atom stereocenters. The second-order valence-electron chi connectivity index (χ2n) is 7.27. The summed E-state index contributed by atoms with van der Waals surface area (Å²) in [5, 5.41) is 5.79. The Balaban J connectivity index is 1.25. The first-order valence-corrected chi connectivity index (χ1v) is 10.3. The highest BCUT2D eigenvalue weighted by Gasteiger charge is 2.27. The first-order chi connectivity index (χ1) is 15.2. The van der Waals surface area contributed by atoms with Crippen LogP contribution in [0.25, 0.3) is 0 Å². The van der Waals surface area contributed by atoms with E-state index in [0.29, 0.717) is 19.4 Å². The van der Waals surface area contributed by atoms with Crippen molar-refractivity contribution in [2.24, 2.45) is 0 Å². The number of rotatable bonds is 7. The second kappa shape index (κ2) is 9.80. The van der Waals surface area contributed by atoms with Crippen molar-refractivity contribution >= 4 is 12.0 Å². The zero-order valence-electron chi connectivity index (χ0n) is 17.0. The standard InChI is InChI=1S/C25H24N2O4/c28-23(15-8-16-26-25(29)30-17-18-9-2-1-3-10-18)27-24-19-11-4-6-13-21(19)31-22-14-7-5-12-20(22)24/h1-7,9-14,24H,8,15-17H2,(H,26,29)(H,27,28). The fraction of sp³-hybridized carbons (Fsp3) is 0.200. The summed E-state index contributed by atoms with van der Waals surface area (Å²) in [6, 6.07) is 24.6. The molecule has 0 aliphatic carbocycles. The van der Waals surface area contributed by atoms with Crippen LogP contribution >= 0.6 is 0 Å². The summed E-state index contributed by atoms with van der Waals surface area (Å²) < 4.78 is 11.1. The highest BCUT2D eigenvalue weighted by Crippen LogP contribution is 2.42. The topological polar surface area (TPSA) is 76.7 Å². The Morgan fingerprint density at radius 2 is 1.45 bits per heavy atom. The lowest BCUT2D eigenvalue weighted by Crippen LogP contribution is -2.32. The van der Waals surface area contributed by atoms with Gasteiger partial charge >= 0.3 is 6.09 Å². The fourth-order valence-corrected chi connectivity index (χ4v) is 3.51. The van der Waals surface area contributed by atoms with Crippen molar-refractivity contribution in [1.29, 1.82) is 0 Å². The minimum Gasteiger partial charge on any atom is -0.457 e. The normalized spacial score (nSPS) is 12.1. The van der Waals surface area contributed by atoms with Crippen LogP contribution in [0.1, 0.15) is 35.6 Å². The third kappa shape index (κ3) is 5.22. The van der Waals surface area contributed by atoms with Crippen LogP contribution in [0, 0.1) is 0 Å². The molecule has 2 amide bonds. The Morgan fingerprint density at radius 1 is 0.839 bits per heavy atom. The average Bonchev–Trinajstić information content (AvgIpc) is 2.81. The molecule has 1 aliphatic rings. The van der Waals surface area contributed by atoms with Gasteiger partial charge in [-0.05, 0) is 24.1 Å². The molecule has 1 aliphatic heterocycles. The summed E-state index contributed by atoms with van der Waals surface area (Å²) in [5.41, 5.74) is 2.78. The van der Waals surface area contributed by atoms with Gasteiger partial charge < -0.3 is 20.1 Å². The van der Waals surface area contributed by atoms with E-state index < -0.39 is 6.09 Å². The van der Waals surface area contributed by atoms with Gasteiger partial charge in [0.25, 0.3) is 0 Å². The molecule has 0 saturated carbocycles. The Labute approximate surface area is 181 Å². The maximum Gasteiger partial charge on any atom is 0.407 e. The molecular formula is C25H24N2O4. The maximum absolute atomic E-state index is 12.6. The van der Waals surface area contributed by atoms with Crippen LogP contribution in [0.15, 0.2) is 78.9 Å². The molecule has 0 saturated heterocycles. The molecule has 0 unspecified atom stereocenters. The number of ether oxygens (including phenoxy) is 2. The minimum absolute atomic E-state index is 0.0871. The van der Waals surface area contributed by atoms with Gasteiger partial charge in [0, 0.05) is 24.1 Å². The van der Waals surface area contributed by atoms with E-state index in [9.17, 15) is 9.59 Å². The molecule has 2 N–H and O–H groups in total. The lowest BCUT2D eigenvalue weighted by atomic mass is 9.94. The van der Waals surface area contributed by atoms with Gasteiger partial charge in [0.05, 0.1) is 6.04 Å². The molecule has 4 rings (SSSR count). The number of benzene rings is 3. The molecule has 0 radical (unpaired) electrons. The van der Waals surface area contributed by atoms with Crippen molar-refractivity contribution in [2.45, 2.75) is 25.5 Å². The predicted octanol–water partition coefficient (Wildman–Crippen LogP) is 4.70. The maximum atomic E-state index is 12.6. The van der Waals surface area contributed by atoms with Crippen LogP contribution in [0.2, 0.25) is 0 Å². The van der Waals surface area contributed by atoms with E-state index in [0.717, 1.165) is 28.2 Å². The molecule has 6 nitrogen and oxygen atoms in total. The van der Waals surface area contributed by atoms with E-state index in [1.807, 2.05) is 78.9 Å². The van der Waals surface area contributed by atoms with Crippen molar-refractivity contribution in [3.63, 3.8) is 0 Å². The Bertz CT molecular complexity index is 1010. The number of hydrogen-bond acceptors (Lipinski definition) is 4. The largest absolute Gasteiger partial charge is 0.457 e. The third-order valence-electron chi connectivity index (χ3n) is 5.05. The fourth-order valence-electron chi connectivity index (χ4n) is 3.51. The Morgan fingerprint density at radius 3 is 2.13 bits per heavy atom. The summed E-state index contributed by atoms with van der Waals surface area (Å²) in [6.07, 6.45) is 0.316. The highest BCUT2D eigenvalue weighted by atomic mass is 16.5. The van der Waals surface area contributed by atoms with Crippen molar-refractivity contribution in [1.82, 2.24) is 10.6 Å². The smallest absolute Gasteiger partial charge is 0.407 e. The van der Waals surface area contributed by atoms with Crippen LogP contribution in [-0.2, 0) is 16.1 Å². The molecule has 158 valence electrons. The summed E-state index contributed by atoms with van der Waals surface area (Å²) in [4.78, 5) is 24.4. The van der Waals surface area contributed by atoms with Crippen molar-refractivity contribution < 1.29 is 19.1 Å². The molecule has 0 aromatic heterocycles. The van der Waals surface area contributed by atoms with Gasteiger partial charge in [-0.25, -0.2) is 4.79 Å². The van der Waals surface area contributed by atoms with Crippen LogP contribution in [0.5, 0.6) is 11.5 Å². The van der Waals surface area contributed by atoms with Gasteiger partial charge in [0.1, 0.15) is 18.1 Å². The molecule has 3 aromatic rings. The first-order valence-electron chi connectivity index (χ1n) is 10.3. The van der Waals surface area contributed by atoms with Crippen LogP contribution in [-0.4, -0.2) is 18.5 Å². The molecule has 3 aromatic carbocycles. The molecule has 0 fully saturated rings. The van der Waals surface area contributed by atoms with E-state index in [1.54, 1.807) is 0 Å². The van der Waals surface area contributed by atoms with Crippen LogP contribution < -0.4 is 15.4 Å². The summed E-state index contributed by atoms with van der Waals surface area (Å²) in [6.45, 7) is 0.581. The number of amides is 2. The van der Waals surface area contributed by atoms with Gasteiger partial charge in [0.2, 0.25) is 5.91 Å². The summed E-state index contributed by atoms with van der Waals surface area (Å²) in [7, 11) is 0. The Kier molecular flexibility index (Phi) is 6.47. The number of hydrogen-bond donors (Lipinski definition) is 2. The van der Waals surface area contributed by atoms with Gasteiger partial charge in [-0.2, -0.15) is 0 Å². The zero-order valence-corrected chi connectivity index (χ0v) is 17.0. The Hall–Kier alpha value is -3.80. The average molecular weight is 416 g/mol. The van der Waals surface area contributed by atoms with Crippen molar-refractivity contribution in [3.05, 3.63) is 95.6 Å². The second-order valence-corrected chi connectivity index (χ2v) is 7.27. The number of carbonyl (C=O) groups excluding carboxylic acids is 2. The zero-order chi connectivity index (χ0) is 21.5. The predicted molar refractivity (Wildman–Crippen MR) is 117 cm³/mol. The van der Waals surface area contributed by atoms with E-state index in [4.69, 9.17) is 9.47 Å². The lowest BCUT2D eigenvalue weighted by molar-refractivity contribution is -0.121. The number of carbonyl (C=O) groups is 2. The SMILES string of the molecule is O=C(CCCNC(=O)OCc1ccccc1)NC1c2ccccc2Oc2ccccc21. The van der Waals surface area contributed by atoms with Crippen molar-refractivity contribution in [3.8, 4) is 11.5 Å². The number of para-hydroxylation sites is 2. The third-order valence-corrected chi connectivity index (χ3v) is 5.05. The number of fused-ring (bicyclic) bond motifs is 2. The van der Waals surface area contributed by atoms with E-state index in [1.165, 1.54) is 0 Å². The highest BCUT2D eigenvalue weighted by molar-refractivity contribution is 5.77. The monoisotopic (exact) mass is 416 g/mol. The van der Waals surface area contributed by atoms with E-state index >= 15 is 0 Å². The van der Waals surface area contributed by atoms with E-state index in [-0.39, 0.29) is 18.6 Å². The van der Waals surface area contributed by atoms with Crippen LogP contribution in [0.4, 0.5) is 4.79 Å². The molecular weight excluding hydrogens is 392 g/mol. The lowest BCUT2D eigenvalue weighted by Gasteiger charge is -2.28. The minimum atomic E-state index is -0.489. The van der Waals surface area contributed by atoms with Crippen LogP contribution in [0.3, 0.4) is 0 Å². The van der Waals surface area contributed by atoms with E-state index in [2.05, 4.69) is 10.6 Å².